The van der Waals surface area contributed by atoms with Gasteiger partial charge in [0.15, 0.2) is 0 Å². The Balaban J connectivity index is 2.19. The van der Waals surface area contributed by atoms with Crippen LogP contribution in [0.5, 0.6) is 0 Å². The van der Waals surface area contributed by atoms with Crippen molar-refractivity contribution in [3.05, 3.63) is 29.0 Å². The first-order valence-corrected chi connectivity index (χ1v) is 4.98. The van der Waals surface area contributed by atoms with Crippen LogP contribution in [0.2, 0.25) is 5.02 Å². The smallest absolute Gasteiger partial charge is 0.259 e. The molecule has 0 aliphatic heterocycles. The zero-order chi connectivity index (χ0) is 10.7. The Morgan fingerprint density at radius 3 is 3.07 bits per heavy atom. The van der Waals surface area contributed by atoms with Crippen LogP contribution < -0.4 is 5.32 Å². The van der Waals surface area contributed by atoms with Gasteiger partial charge in [-0.3, -0.25) is 15.1 Å². The quantitative estimate of drug-likeness (QED) is 0.855. The van der Waals surface area contributed by atoms with Crippen LogP contribution in [0.3, 0.4) is 0 Å². The Labute approximate surface area is 93.5 Å². The molecule has 0 aromatic carbocycles. The van der Waals surface area contributed by atoms with E-state index in [1.54, 1.807) is 0 Å². The van der Waals surface area contributed by atoms with Gasteiger partial charge in [-0.1, -0.05) is 21.2 Å². The van der Waals surface area contributed by atoms with Crippen LogP contribution in [0.25, 0.3) is 0 Å². The lowest BCUT2D eigenvalue weighted by atomic mass is 10.2. The summed E-state index contributed by atoms with van der Waals surface area (Å²) in [5.41, 5.74) is 0.335. The maximum Gasteiger partial charge on any atom is 0.259 e. The van der Waals surface area contributed by atoms with Crippen molar-refractivity contribution in [3.63, 3.8) is 0 Å². The molecule has 0 unspecified atom stereocenters. The zero-order valence-electron chi connectivity index (χ0n) is 7.22. The summed E-state index contributed by atoms with van der Waals surface area (Å²) in [6.07, 6.45) is 2.88. The van der Waals surface area contributed by atoms with E-state index in [2.05, 4.69) is 25.1 Å². The summed E-state index contributed by atoms with van der Waals surface area (Å²) in [4.78, 5) is 15.4. The van der Waals surface area contributed by atoms with E-state index in [4.69, 9.17) is 11.6 Å². The molecule has 0 fully saturated rings. The Hall–Kier alpha value is -1.60. The Kier molecular flexibility index (Phi) is 2.84. The number of pyridine rings is 1. The van der Waals surface area contributed by atoms with Crippen LogP contribution in [0, 0.1) is 0 Å². The molecule has 0 atom stereocenters. The molecule has 1 N–H and O–H groups in total. The second-order valence-corrected chi connectivity index (χ2v) is 3.62. The SMILES string of the molecule is O=C(Nc1nnns1)c1ccncc1Cl. The van der Waals surface area contributed by atoms with Crippen LogP contribution in [0.4, 0.5) is 5.13 Å². The molecule has 6 nitrogen and oxygen atoms in total. The summed E-state index contributed by atoms with van der Waals surface area (Å²) < 4.78 is 3.51. The van der Waals surface area contributed by atoms with E-state index in [9.17, 15) is 4.79 Å². The van der Waals surface area contributed by atoms with Gasteiger partial charge in [0.2, 0.25) is 5.13 Å². The van der Waals surface area contributed by atoms with Gasteiger partial charge in [0, 0.05) is 23.9 Å². The molecule has 0 aliphatic rings. The summed E-state index contributed by atoms with van der Waals surface area (Å²) in [5, 5.41) is 10.0. The van der Waals surface area contributed by atoms with Gasteiger partial charge >= 0.3 is 0 Å². The minimum absolute atomic E-state index is 0.285. The summed E-state index contributed by atoms with van der Waals surface area (Å²) in [7, 11) is 0. The average Bonchev–Trinajstić information content (AvgIpc) is 2.71. The summed E-state index contributed by atoms with van der Waals surface area (Å²) in [6, 6.07) is 1.52. The summed E-state index contributed by atoms with van der Waals surface area (Å²) in [6.45, 7) is 0. The second kappa shape index (κ2) is 4.28. The largest absolute Gasteiger partial charge is 0.295 e. The molecule has 8 heteroatoms. The maximum absolute atomic E-state index is 11.6. The van der Waals surface area contributed by atoms with Crippen LogP contribution in [-0.2, 0) is 0 Å². The van der Waals surface area contributed by atoms with Gasteiger partial charge in [-0.25, -0.2) is 0 Å². The standard InChI is InChI=1S/C7H4ClN5OS/c8-5-3-9-2-1-4(5)6(14)10-7-11-12-13-15-7/h1-3H,(H,10,11,13,14). The summed E-state index contributed by atoms with van der Waals surface area (Å²) in [5.74, 6) is -0.360. The molecule has 76 valence electrons. The third-order valence-corrected chi connectivity index (χ3v) is 2.35. The number of amides is 1. The molecular formula is C7H4ClN5OS. The first kappa shape index (κ1) is 9.94. The highest BCUT2D eigenvalue weighted by atomic mass is 35.5. The fraction of sp³-hybridized carbons (Fsp3) is 0. The number of anilines is 1. The van der Waals surface area contributed by atoms with Crippen molar-refractivity contribution in [2.75, 3.05) is 5.32 Å². The first-order valence-electron chi connectivity index (χ1n) is 3.83. The zero-order valence-corrected chi connectivity index (χ0v) is 8.79. The normalized spacial score (nSPS) is 9.93. The second-order valence-electron chi connectivity index (χ2n) is 2.48. The van der Waals surface area contributed by atoms with E-state index in [0.717, 1.165) is 11.5 Å². The molecule has 0 saturated carbocycles. The van der Waals surface area contributed by atoms with Crippen molar-refractivity contribution in [2.45, 2.75) is 0 Å². The molecule has 2 aromatic heterocycles. The molecule has 2 rings (SSSR count). The molecule has 0 bridgehead atoms. The maximum atomic E-state index is 11.6. The van der Waals surface area contributed by atoms with Crippen molar-refractivity contribution < 1.29 is 4.79 Å². The Bertz CT molecular complexity index is 474. The third-order valence-electron chi connectivity index (χ3n) is 1.54. The summed E-state index contributed by atoms with van der Waals surface area (Å²) >= 11 is 6.78. The highest BCUT2D eigenvalue weighted by molar-refractivity contribution is 7.09. The highest BCUT2D eigenvalue weighted by Crippen LogP contribution is 2.15. The van der Waals surface area contributed by atoms with Gasteiger partial charge in [-0.2, -0.15) is 0 Å². The van der Waals surface area contributed by atoms with Gasteiger partial charge in [-0.15, -0.1) is 0 Å². The number of nitrogens with one attached hydrogen (secondary N) is 1. The number of nitrogens with zero attached hydrogens (tertiary/aromatic N) is 4. The lowest BCUT2D eigenvalue weighted by Crippen LogP contribution is -2.12. The molecule has 2 aromatic rings. The van der Waals surface area contributed by atoms with E-state index < -0.39 is 0 Å². The number of hydrogen-bond acceptors (Lipinski definition) is 6. The predicted octanol–water partition coefficient (Wildman–Crippen LogP) is 1.23. The van der Waals surface area contributed by atoms with E-state index in [1.807, 2.05) is 0 Å². The van der Waals surface area contributed by atoms with Gasteiger partial charge in [0.25, 0.3) is 5.91 Å². The lowest BCUT2D eigenvalue weighted by molar-refractivity contribution is 0.102. The van der Waals surface area contributed by atoms with Crippen molar-refractivity contribution in [2.24, 2.45) is 0 Å². The predicted molar refractivity (Wildman–Crippen MR) is 54.9 cm³/mol. The van der Waals surface area contributed by atoms with Crippen LogP contribution in [0.1, 0.15) is 10.4 Å². The highest BCUT2D eigenvalue weighted by Gasteiger charge is 2.11. The number of aromatic nitrogens is 4. The Morgan fingerprint density at radius 1 is 1.53 bits per heavy atom. The fourth-order valence-electron chi connectivity index (χ4n) is 0.906. The molecule has 0 aliphatic carbocycles. The van der Waals surface area contributed by atoms with Gasteiger partial charge < -0.3 is 0 Å². The van der Waals surface area contributed by atoms with Crippen molar-refractivity contribution in [3.8, 4) is 0 Å². The number of hydrogen-bond donors (Lipinski definition) is 1. The van der Waals surface area contributed by atoms with Gasteiger partial charge in [-0.05, 0) is 11.3 Å². The molecule has 15 heavy (non-hydrogen) atoms. The first-order chi connectivity index (χ1) is 7.27. The minimum Gasteiger partial charge on any atom is -0.295 e. The van der Waals surface area contributed by atoms with Crippen LogP contribution in [0.15, 0.2) is 18.5 Å². The van der Waals surface area contributed by atoms with Crippen molar-refractivity contribution in [1.82, 2.24) is 19.8 Å². The van der Waals surface area contributed by atoms with Crippen molar-refractivity contribution in [1.29, 1.82) is 0 Å². The average molecular weight is 242 g/mol. The van der Waals surface area contributed by atoms with Crippen LogP contribution in [-0.4, -0.2) is 25.7 Å². The molecular weight excluding hydrogens is 238 g/mol. The number of carbonyl (C=O) groups is 1. The monoisotopic (exact) mass is 241 g/mol. The topological polar surface area (TPSA) is 80.7 Å². The fourth-order valence-corrected chi connectivity index (χ4v) is 1.47. The van der Waals surface area contributed by atoms with Gasteiger partial charge in [0.1, 0.15) is 0 Å². The molecule has 0 radical (unpaired) electrons. The minimum atomic E-state index is -0.360. The van der Waals surface area contributed by atoms with Crippen LogP contribution >= 0.6 is 23.1 Å². The Morgan fingerprint density at radius 2 is 2.40 bits per heavy atom. The molecule has 0 saturated heterocycles. The number of halogens is 1. The van der Waals surface area contributed by atoms with E-state index >= 15 is 0 Å². The molecule has 1 amide bonds. The number of carbonyl (C=O) groups excluding carboxylic acids is 1. The molecule has 0 spiro atoms. The van der Waals surface area contributed by atoms with E-state index in [1.165, 1.54) is 18.5 Å². The lowest BCUT2D eigenvalue weighted by Gasteiger charge is -2.01. The van der Waals surface area contributed by atoms with E-state index in [-0.39, 0.29) is 10.9 Å². The van der Waals surface area contributed by atoms with Crippen molar-refractivity contribution >= 4 is 34.2 Å². The molecule has 2 heterocycles. The number of rotatable bonds is 2. The third kappa shape index (κ3) is 2.25. The van der Waals surface area contributed by atoms with E-state index in [0.29, 0.717) is 10.7 Å². The van der Waals surface area contributed by atoms with Gasteiger partial charge in [0.05, 0.1) is 10.6 Å².